The quantitative estimate of drug-likeness (QED) is 0.267. The van der Waals surface area contributed by atoms with Gasteiger partial charge in [0.15, 0.2) is 5.96 Å². The predicted octanol–water partition coefficient (Wildman–Crippen LogP) is 3.44. The van der Waals surface area contributed by atoms with E-state index in [2.05, 4.69) is 35.9 Å². The molecule has 0 amide bonds. The van der Waals surface area contributed by atoms with Crippen molar-refractivity contribution < 1.29 is 4.74 Å². The Labute approximate surface area is 183 Å². The molecule has 3 heterocycles. The Morgan fingerprint density at radius 3 is 2.63 bits per heavy atom. The van der Waals surface area contributed by atoms with Crippen molar-refractivity contribution in [2.75, 3.05) is 59.0 Å². The van der Waals surface area contributed by atoms with Gasteiger partial charge < -0.3 is 19.9 Å². The minimum Gasteiger partial charge on any atom is -0.381 e. The molecule has 1 spiro atoms. The van der Waals surface area contributed by atoms with Gasteiger partial charge in [-0.2, -0.15) is 0 Å². The molecule has 1 N–H and O–H groups in total. The Bertz CT molecular complexity index is 457. The number of halogens is 1. The molecule has 0 saturated carbocycles. The molecule has 3 saturated heterocycles. The van der Waals surface area contributed by atoms with Crippen LogP contribution in [0.1, 0.15) is 52.9 Å². The van der Waals surface area contributed by atoms with Crippen LogP contribution >= 0.6 is 24.0 Å². The zero-order chi connectivity index (χ0) is 18.4. The molecular formula is C21H41IN4O. The standard InChI is InChI=1S/C21H40N4O.HI/c1-4-22-20(25-11-7-21(16-25)8-12-26-17-21)23-9-5-6-10-24-14-18(2)13-19(3)15-24;/h18-19H,4-17H2,1-3H3,(H,22,23);1H. The van der Waals surface area contributed by atoms with E-state index in [1.165, 1.54) is 51.7 Å². The van der Waals surface area contributed by atoms with Crippen molar-refractivity contribution in [1.29, 1.82) is 0 Å². The van der Waals surface area contributed by atoms with Crippen LogP contribution in [0.15, 0.2) is 4.99 Å². The minimum absolute atomic E-state index is 0. The SMILES string of the molecule is CCNC(=NCCCCN1CC(C)CC(C)C1)N1CCC2(CCOC2)C1.I. The van der Waals surface area contributed by atoms with Crippen LogP contribution in [-0.2, 0) is 4.74 Å². The van der Waals surface area contributed by atoms with Gasteiger partial charge in [0.1, 0.15) is 0 Å². The molecule has 6 heteroatoms. The first kappa shape index (κ1) is 23.2. The molecule has 0 aromatic rings. The number of unbranched alkanes of at least 4 members (excludes halogenated alkanes) is 1. The largest absolute Gasteiger partial charge is 0.381 e. The topological polar surface area (TPSA) is 40.1 Å². The monoisotopic (exact) mass is 492 g/mol. The summed E-state index contributed by atoms with van der Waals surface area (Å²) >= 11 is 0. The average Bonchev–Trinajstić information content (AvgIpc) is 3.23. The third kappa shape index (κ3) is 6.74. The van der Waals surface area contributed by atoms with Crippen LogP contribution in [0, 0.1) is 17.3 Å². The first-order valence-electron chi connectivity index (χ1n) is 10.9. The highest BCUT2D eigenvalue weighted by Crippen LogP contribution is 2.38. The maximum Gasteiger partial charge on any atom is 0.193 e. The maximum absolute atomic E-state index is 5.66. The number of guanidine groups is 1. The molecule has 0 aromatic heterocycles. The molecule has 158 valence electrons. The van der Waals surface area contributed by atoms with Crippen molar-refractivity contribution in [3.05, 3.63) is 0 Å². The first-order valence-corrected chi connectivity index (χ1v) is 10.9. The molecule has 27 heavy (non-hydrogen) atoms. The van der Waals surface area contributed by atoms with Gasteiger partial charge in [0.05, 0.1) is 6.61 Å². The fraction of sp³-hybridized carbons (Fsp3) is 0.952. The van der Waals surface area contributed by atoms with E-state index in [1.807, 2.05) is 0 Å². The van der Waals surface area contributed by atoms with E-state index in [9.17, 15) is 0 Å². The van der Waals surface area contributed by atoms with E-state index in [4.69, 9.17) is 9.73 Å². The number of hydrogen-bond acceptors (Lipinski definition) is 3. The number of aliphatic imine (C=N–C) groups is 1. The van der Waals surface area contributed by atoms with E-state index in [-0.39, 0.29) is 24.0 Å². The second-order valence-electron chi connectivity index (χ2n) is 9.12. The number of likely N-dealkylation sites (tertiary alicyclic amines) is 2. The third-order valence-electron chi connectivity index (χ3n) is 6.35. The second kappa shape index (κ2) is 11.2. The number of piperidine rings is 1. The summed E-state index contributed by atoms with van der Waals surface area (Å²) in [5, 5.41) is 3.51. The smallest absolute Gasteiger partial charge is 0.193 e. The van der Waals surface area contributed by atoms with Crippen LogP contribution in [-0.4, -0.2) is 74.8 Å². The van der Waals surface area contributed by atoms with Crippen LogP contribution in [0.5, 0.6) is 0 Å². The molecular weight excluding hydrogens is 451 g/mol. The summed E-state index contributed by atoms with van der Waals surface area (Å²) in [5.74, 6) is 2.84. The molecule has 0 radical (unpaired) electrons. The fourth-order valence-electron chi connectivity index (χ4n) is 5.12. The molecule has 0 aliphatic carbocycles. The summed E-state index contributed by atoms with van der Waals surface area (Å²) in [6.45, 7) is 16.8. The fourth-order valence-corrected chi connectivity index (χ4v) is 5.12. The van der Waals surface area contributed by atoms with E-state index < -0.39 is 0 Å². The van der Waals surface area contributed by atoms with Crippen molar-refractivity contribution in [2.45, 2.75) is 52.9 Å². The molecule has 3 aliphatic heterocycles. The molecule has 3 aliphatic rings. The second-order valence-corrected chi connectivity index (χ2v) is 9.12. The van der Waals surface area contributed by atoms with Crippen LogP contribution in [0.2, 0.25) is 0 Å². The number of nitrogens with zero attached hydrogens (tertiary/aromatic N) is 3. The summed E-state index contributed by atoms with van der Waals surface area (Å²) < 4.78 is 5.66. The van der Waals surface area contributed by atoms with Gasteiger partial charge in [0.25, 0.3) is 0 Å². The summed E-state index contributed by atoms with van der Waals surface area (Å²) in [6.07, 6.45) is 6.32. The first-order chi connectivity index (χ1) is 12.6. The molecule has 5 nitrogen and oxygen atoms in total. The highest BCUT2D eigenvalue weighted by molar-refractivity contribution is 14.0. The van der Waals surface area contributed by atoms with Crippen molar-refractivity contribution in [2.24, 2.45) is 22.2 Å². The van der Waals surface area contributed by atoms with Crippen LogP contribution in [0.4, 0.5) is 0 Å². The lowest BCUT2D eigenvalue weighted by atomic mass is 9.87. The third-order valence-corrected chi connectivity index (χ3v) is 6.35. The highest BCUT2D eigenvalue weighted by atomic mass is 127. The summed E-state index contributed by atoms with van der Waals surface area (Å²) in [6, 6.07) is 0. The molecule has 3 atom stereocenters. The Balaban J connectivity index is 0.00000261. The van der Waals surface area contributed by atoms with E-state index >= 15 is 0 Å². The molecule has 0 aromatic carbocycles. The predicted molar refractivity (Wildman–Crippen MR) is 124 cm³/mol. The normalized spacial score (nSPS) is 32.1. The Kier molecular flexibility index (Phi) is 9.62. The molecule has 0 bridgehead atoms. The molecule has 3 rings (SSSR count). The Hall–Kier alpha value is -0.0800. The van der Waals surface area contributed by atoms with Gasteiger partial charge in [0, 0.05) is 51.3 Å². The minimum atomic E-state index is 0. The van der Waals surface area contributed by atoms with Gasteiger partial charge >= 0.3 is 0 Å². The van der Waals surface area contributed by atoms with Gasteiger partial charge in [-0.05, 0) is 57.4 Å². The van der Waals surface area contributed by atoms with E-state index in [0.717, 1.165) is 57.2 Å². The number of hydrogen-bond donors (Lipinski definition) is 1. The van der Waals surface area contributed by atoms with Gasteiger partial charge in [-0.25, -0.2) is 0 Å². The van der Waals surface area contributed by atoms with Crippen molar-refractivity contribution in [3.8, 4) is 0 Å². The van der Waals surface area contributed by atoms with Gasteiger partial charge in [0.2, 0.25) is 0 Å². The van der Waals surface area contributed by atoms with Crippen molar-refractivity contribution >= 4 is 29.9 Å². The van der Waals surface area contributed by atoms with E-state index in [1.54, 1.807) is 0 Å². The van der Waals surface area contributed by atoms with E-state index in [0.29, 0.717) is 5.41 Å². The van der Waals surface area contributed by atoms with Crippen LogP contribution in [0.3, 0.4) is 0 Å². The number of ether oxygens (including phenoxy) is 1. The van der Waals surface area contributed by atoms with Crippen molar-refractivity contribution in [1.82, 2.24) is 15.1 Å². The van der Waals surface area contributed by atoms with Crippen LogP contribution in [0.25, 0.3) is 0 Å². The summed E-state index contributed by atoms with van der Waals surface area (Å²) in [7, 11) is 0. The Morgan fingerprint density at radius 2 is 1.96 bits per heavy atom. The average molecular weight is 492 g/mol. The summed E-state index contributed by atoms with van der Waals surface area (Å²) in [4.78, 5) is 10.1. The van der Waals surface area contributed by atoms with Gasteiger partial charge in [-0.3, -0.25) is 4.99 Å². The molecule has 3 unspecified atom stereocenters. The number of nitrogens with one attached hydrogen (secondary N) is 1. The van der Waals surface area contributed by atoms with Crippen molar-refractivity contribution in [3.63, 3.8) is 0 Å². The van der Waals surface area contributed by atoms with Crippen LogP contribution < -0.4 is 5.32 Å². The Morgan fingerprint density at radius 1 is 1.19 bits per heavy atom. The maximum atomic E-state index is 5.66. The lowest BCUT2D eigenvalue weighted by molar-refractivity contribution is 0.139. The highest BCUT2D eigenvalue weighted by Gasteiger charge is 2.42. The van der Waals surface area contributed by atoms with Gasteiger partial charge in [-0.15, -0.1) is 24.0 Å². The summed E-state index contributed by atoms with van der Waals surface area (Å²) in [5.41, 5.74) is 0.401. The zero-order valence-corrected chi connectivity index (χ0v) is 20.0. The van der Waals surface area contributed by atoms with Gasteiger partial charge in [-0.1, -0.05) is 13.8 Å². The zero-order valence-electron chi connectivity index (χ0n) is 17.7. The number of rotatable bonds is 6. The lowest BCUT2D eigenvalue weighted by Gasteiger charge is -2.34. The molecule has 3 fully saturated rings. The lowest BCUT2D eigenvalue weighted by Crippen LogP contribution is -2.41.